The summed E-state index contributed by atoms with van der Waals surface area (Å²) < 4.78 is 11.7. The minimum absolute atomic E-state index is 0.0958. The largest absolute Gasteiger partial charge is 0.497 e. The molecule has 206 valence electrons. The van der Waals surface area contributed by atoms with E-state index in [9.17, 15) is 14.4 Å². The van der Waals surface area contributed by atoms with Gasteiger partial charge in [0.05, 0.1) is 25.0 Å². The fourth-order valence-corrected chi connectivity index (χ4v) is 6.94. The maximum atomic E-state index is 14.0. The zero-order valence-electron chi connectivity index (χ0n) is 22.8. The fourth-order valence-electron chi connectivity index (χ4n) is 6.94. The molecule has 5 unspecified atom stereocenters. The molecule has 2 bridgehead atoms. The van der Waals surface area contributed by atoms with Crippen molar-refractivity contribution in [2.45, 2.75) is 89.0 Å². The van der Waals surface area contributed by atoms with Gasteiger partial charge in [-0.15, -0.1) is 0 Å². The van der Waals surface area contributed by atoms with Gasteiger partial charge in [-0.3, -0.25) is 14.4 Å². The molecule has 8 heteroatoms. The third-order valence-electron chi connectivity index (χ3n) is 8.95. The number of amides is 3. The highest BCUT2D eigenvalue weighted by Crippen LogP contribution is 2.55. The molecule has 5 rings (SSSR count). The summed E-state index contributed by atoms with van der Waals surface area (Å²) in [5.74, 6) is -0.996. The number of unbranched alkanes of at least 4 members (excludes halogenated alkanes) is 3. The van der Waals surface area contributed by atoms with Crippen LogP contribution in [0.4, 0.5) is 5.69 Å². The summed E-state index contributed by atoms with van der Waals surface area (Å²) in [4.78, 5) is 43.2. The predicted molar refractivity (Wildman–Crippen MR) is 145 cm³/mol. The number of ether oxygens (including phenoxy) is 2. The minimum Gasteiger partial charge on any atom is -0.497 e. The van der Waals surface area contributed by atoms with Crippen molar-refractivity contribution in [2.24, 2.45) is 17.8 Å². The van der Waals surface area contributed by atoms with E-state index in [0.29, 0.717) is 23.9 Å². The second-order valence-corrected chi connectivity index (χ2v) is 11.4. The quantitative estimate of drug-likeness (QED) is 0.356. The summed E-state index contributed by atoms with van der Waals surface area (Å²) in [7, 11) is 1.57. The van der Waals surface area contributed by atoms with Crippen molar-refractivity contribution in [1.82, 2.24) is 10.2 Å². The summed E-state index contributed by atoms with van der Waals surface area (Å²) in [5.41, 5.74) is -0.525. The molecule has 8 nitrogen and oxygen atoms in total. The first-order valence-corrected chi connectivity index (χ1v) is 14.3. The first-order valence-electron chi connectivity index (χ1n) is 14.3. The third kappa shape index (κ3) is 4.72. The molecule has 0 radical (unpaired) electrons. The topological polar surface area (TPSA) is 97.0 Å². The molecule has 2 N–H and O–H groups in total. The number of nitrogens with zero attached hydrogens (tertiary/aromatic N) is 1. The lowest BCUT2D eigenvalue weighted by atomic mass is 9.74. The van der Waals surface area contributed by atoms with Gasteiger partial charge in [0.2, 0.25) is 17.7 Å². The number of hydrogen-bond acceptors (Lipinski definition) is 5. The van der Waals surface area contributed by atoms with Gasteiger partial charge in [0.25, 0.3) is 0 Å². The van der Waals surface area contributed by atoms with Crippen molar-refractivity contribution in [1.29, 1.82) is 0 Å². The Balaban J connectivity index is 1.41. The summed E-state index contributed by atoms with van der Waals surface area (Å²) in [6.07, 6.45) is 11.5. The van der Waals surface area contributed by atoms with Gasteiger partial charge < -0.3 is 25.0 Å². The Labute approximate surface area is 225 Å². The lowest BCUT2D eigenvalue weighted by Crippen LogP contribution is -2.57. The minimum atomic E-state index is -1.12. The number of methoxy groups -OCH3 is 1. The van der Waals surface area contributed by atoms with Crippen LogP contribution in [-0.2, 0) is 19.1 Å². The van der Waals surface area contributed by atoms with Gasteiger partial charge >= 0.3 is 0 Å². The molecule has 38 heavy (non-hydrogen) atoms. The fraction of sp³-hybridized carbons (Fsp3) is 0.633. The third-order valence-corrected chi connectivity index (χ3v) is 8.95. The van der Waals surface area contributed by atoms with Gasteiger partial charge in [0.1, 0.15) is 17.4 Å². The lowest BCUT2D eigenvalue weighted by Gasteiger charge is -2.36. The molecule has 0 aromatic heterocycles. The normalized spacial score (nSPS) is 33.3. The van der Waals surface area contributed by atoms with E-state index in [1.54, 1.807) is 36.3 Å². The van der Waals surface area contributed by atoms with Gasteiger partial charge in [0, 0.05) is 24.3 Å². The highest BCUT2D eigenvalue weighted by molar-refractivity contribution is 6.02. The van der Waals surface area contributed by atoms with Crippen LogP contribution in [0.25, 0.3) is 0 Å². The average molecular weight is 524 g/mol. The number of hydrogen-bond donors (Lipinski definition) is 2. The summed E-state index contributed by atoms with van der Waals surface area (Å²) in [5, 5.41) is 6.25. The van der Waals surface area contributed by atoms with Crippen LogP contribution in [0.15, 0.2) is 36.4 Å². The van der Waals surface area contributed by atoms with Gasteiger partial charge in [-0.1, -0.05) is 64.2 Å². The van der Waals surface area contributed by atoms with E-state index in [2.05, 4.69) is 24.5 Å². The van der Waals surface area contributed by atoms with E-state index in [1.165, 1.54) is 6.42 Å². The summed E-state index contributed by atoms with van der Waals surface area (Å²) in [6.45, 7) is 4.82. The Bertz CT molecular complexity index is 1090. The number of carbonyl (C=O) groups is 3. The van der Waals surface area contributed by atoms with E-state index in [0.717, 1.165) is 44.9 Å². The SMILES string of the molecule is CCCCCCN1C(=O)[C@H]2C(C(=O)Nc3cccc(OC)c3)[C@H]3C=CC2(O3)C1C(=O)NC1CCCCC1C. The predicted octanol–water partition coefficient (Wildman–Crippen LogP) is 4.06. The molecule has 2 saturated heterocycles. The molecule has 1 aromatic rings. The number of fused-ring (bicyclic) bond motifs is 1. The van der Waals surface area contributed by atoms with Crippen molar-refractivity contribution in [3.05, 3.63) is 36.4 Å². The van der Waals surface area contributed by atoms with Crippen molar-refractivity contribution in [3.63, 3.8) is 0 Å². The monoisotopic (exact) mass is 523 g/mol. The first-order chi connectivity index (χ1) is 18.4. The van der Waals surface area contributed by atoms with Crippen LogP contribution in [0.5, 0.6) is 5.75 Å². The number of rotatable bonds is 10. The molecule has 3 aliphatic heterocycles. The Hall–Kier alpha value is -2.87. The standard InChI is InChI=1S/C30H41N3O5/c1-4-5-6-9-17-33-26(28(35)32-22-14-8-7-11-19(22)2)30-16-15-23(38-30)24(25(30)29(33)36)27(34)31-20-12-10-13-21(18-20)37-3/h10,12-13,15-16,18-19,22-26H,4-9,11,14,17H2,1-3H3,(H,31,34)(H,32,35)/t19?,22?,23-,24?,25-,26?,30?/m1/s1. The van der Waals surface area contributed by atoms with Crippen molar-refractivity contribution in [2.75, 3.05) is 19.0 Å². The van der Waals surface area contributed by atoms with Gasteiger partial charge in [-0.05, 0) is 37.3 Å². The van der Waals surface area contributed by atoms with Crippen LogP contribution >= 0.6 is 0 Å². The van der Waals surface area contributed by atoms with Crippen LogP contribution in [-0.4, -0.2) is 60.1 Å². The van der Waals surface area contributed by atoms with Crippen LogP contribution in [0.1, 0.15) is 65.2 Å². The zero-order valence-corrected chi connectivity index (χ0v) is 22.8. The molecule has 4 aliphatic rings. The average Bonchev–Trinajstić information content (AvgIpc) is 3.55. The molecular formula is C30H41N3O5. The Kier molecular flexibility index (Phi) is 7.80. The van der Waals surface area contributed by atoms with Gasteiger partial charge in [-0.2, -0.15) is 0 Å². The number of nitrogens with one attached hydrogen (secondary N) is 2. The molecule has 3 amide bonds. The van der Waals surface area contributed by atoms with Gasteiger partial charge in [0.15, 0.2) is 0 Å². The van der Waals surface area contributed by atoms with Crippen LogP contribution in [0.2, 0.25) is 0 Å². The molecule has 3 heterocycles. The van der Waals surface area contributed by atoms with Crippen LogP contribution < -0.4 is 15.4 Å². The van der Waals surface area contributed by atoms with Crippen LogP contribution in [0.3, 0.4) is 0 Å². The Morgan fingerprint density at radius 2 is 1.97 bits per heavy atom. The molecule has 1 saturated carbocycles. The van der Waals surface area contributed by atoms with Crippen molar-refractivity contribution >= 4 is 23.4 Å². The highest BCUT2D eigenvalue weighted by atomic mass is 16.5. The number of carbonyl (C=O) groups excluding carboxylic acids is 3. The molecule has 7 atom stereocenters. The molecular weight excluding hydrogens is 482 g/mol. The van der Waals surface area contributed by atoms with Crippen molar-refractivity contribution in [3.8, 4) is 5.75 Å². The number of benzene rings is 1. The Morgan fingerprint density at radius 1 is 1.16 bits per heavy atom. The maximum Gasteiger partial charge on any atom is 0.246 e. The molecule has 3 fully saturated rings. The van der Waals surface area contributed by atoms with E-state index in [4.69, 9.17) is 9.47 Å². The van der Waals surface area contributed by atoms with E-state index >= 15 is 0 Å². The first kappa shape index (κ1) is 26.7. The second kappa shape index (κ2) is 11.1. The molecule has 1 aliphatic carbocycles. The van der Waals surface area contributed by atoms with Crippen LogP contribution in [0, 0.1) is 17.8 Å². The van der Waals surface area contributed by atoms with E-state index in [-0.39, 0.29) is 23.8 Å². The zero-order chi connectivity index (χ0) is 26.9. The second-order valence-electron chi connectivity index (χ2n) is 11.4. The van der Waals surface area contributed by atoms with E-state index < -0.39 is 29.6 Å². The van der Waals surface area contributed by atoms with E-state index in [1.807, 2.05) is 12.2 Å². The number of anilines is 1. The van der Waals surface area contributed by atoms with Crippen molar-refractivity contribution < 1.29 is 23.9 Å². The number of likely N-dealkylation sites (tertiary alicyclic amines) is 1. The molecule has 1 aromatic carbocycles. The van der Waals surface area contributed by atoms with Gasteiger partial charge in [-0.25, -0.2) is 0 Å². The maximum absolute atomic E-state index is 14.0. The summed E-state index contributed by atoms with van der Waals surface area (Å²) in [6, 6.07) is 6.47. The smallest absolute Gasteiger partial charge is 0.246 e. The highest BCUT2D eigenvalue weighted by Gasteiger charge is 2.72. The Morgan fingerprint density at radius 3 is 2.74 bits per heavy atom. The molecule has 1 spiro atoms. The lowest BCUT2D eigenvalue weighted by molar-refractivity contribution is -0.141. The summed E-state index contributed by atoms with van der Waals surface area (Å²) >= 11 is 0.